The number of rotatable bonds is 0. The van der Waals surface area contributed by atoms with Crippen LogP contribution in [0.25, 0.3) is 65.8 Å². The molecule has 9 heterocycles. The molecule has 0 N–H and O–H groups in total. The molecule has 1 unspecified atom stereocenters. The lowest BCUT2D eigenvalue weighted by Crippen LogP contribution is -2.76. The number of benzene rings is 3. The van der Waals surface area contributed by atoms with E-state index in [1.165, 1.54) is 38.3 Å². The summed E-state index contributed by atoms with van der Waals surface area (Å²) in [5, 5.41) is 6.99. The second kappa shape index (κ2) is 6.24. The van der Waals surface area contributed by atoms with E-state index in [0.717, 1.165) is 50.5 Å². The van der Waals surface area contributed by atoms with Crippen molar-refractivity contribution in [2.24, 2.45) is 0 Å². The maximum absolute atomic E-state index is 6.85. The monoisotopic (exact) mass is 538 g/mol. The molecule has 0 aliphatic carbocycles. The van der Waals surface area contributed by atoms with E-state index in [9.17, 15) is 0 Å². The normalized spacial score (nSPS) is 17.3. The third-order valence-electron chi connectivity index (χ3n) is 9.82. The van der Waals surface area contributed by atoms with Crippen molar-refractivity contribution >= 4 is 60.0 Å². The van der Waals surface area contributed by atoms with Gasteiger partial charge in [0.2, 0.25) is 5.69 Å². The van der Waals surface area contributed by atoms with E-state index in [1.54, 1.807) is 6.33 Å². The average molecular weight is 539 g/mol. The van der Waals surface area contributed by atoms with E-state index in [4.69, 9.17) is 9.72 Å². The highest BCUT2D eigenvalue weighted by Gasteiger charge is 2.67. The molecular formula is C35H18N6O+2. The number of pyridine rings is 3. The van der Waals surface area contributed by atoms with Crippen LogP contribution in [-0.4, -0.2) is 18.9 Å². The minimum Gasteiger partial charge on any atom is -0.422 e. The van der Waals surface area contributed by atoms with Gasteiger partial charge in [-0.1, -0.05) is 30.3 Å². The number of nitrogens with zero attached hydrogens (tertiary/aromatic N) is 6. The summed E-state index contributed by atoms with van der Waals surface area (Å²) in [6, 6.07) is 32.7. The van der Waals surface area contributed by atoms with Crippen LogP contribution in [0.2, 0.25) is 0 Å². The Morgan fingerprint density at radius 3 is 2.48 bits per heavy atom. The smallest absolute Gasteiger partial charge is 0.354 e. The molecule has 0 fully saturated rings. The fourth-order valence-electron chi connectivity index (χ4n) is 8.49. The molecule has 6 aromatic heterocycles. The van der Waals surface area contributed by atoms with E-state index in [2.05, 4.69) is 120 Å². The van der Waals surface area contributed by atoms with Gasteiger partial charge in [0, 0.05) is 39.9 Å². The summed E-state index contributed by atoms with van der Waals surface area (Å²) in [6.45, 7) is 0. The summed E-state index contributed by atoms with van der Waals surface area (Å²) in [7, 11) is 0. The van der Waals surface area contributed by atoms with Gasteiger partial charge in [-0.2, -0.15) is 13.5 Å². The molecule has 1 spiro atoms. The fraction of sp³-hybridized carbons (Fsp3) is 0.0286. The Balaban J connectivity index is 1.48. The maximum Gasteiger partial charge on any atom is 0.354 e. The predicted octanol–water partition coefficient (Wildman–Crippen LogP) is 5.89. The van der Waals surface area contributed by atoms with Crippen LogP contribution in [0.3, 0.4) is 0 Å². The molecular weight excluding hydrogens is 520 g/mol. The summed E-state index contributed by atoms with van der Waals surface area (Å²) >= 11 is 0. The Bertz CT molecular complexity index is 2790. The molecule has 0 bridgehead atoms. The largest absolute Gasteiger partial charge is 0.422 e. The zero-order valence-electron chi connectivity index (χ0n) is 22.0. The van der Waals surface area contributed by atoms with E-state index >= 15 is 0 Å². The van der Waals surface area contributed by atoms with E-state index < -0.39 is 5.66 Å². The first-order valence-corrected chi connectivity index (χ1v) is 14.2. The summed E-state index contributed by atoms with van der Waals surface area (Å²) in [5.74, 6) is 2.80. The van der Waals surface area contributed by atoms with Crippen molar-refractivity contribution in [3.8, 4) is 17.4 Å². The zero-order chi connectivity index (χ0) is 26.9. The number of hydrogen-bond donors (Lipinski definition) is 0. The van der Waals surface area contributed by atoms with Gasteiger partial charge in [0.05, 0.1) is 22.5 Å². The van der Waals surface area contributed by atoms with Gasteiger partial charge in [-0.05, 0) is 48.5 Å². The van der Waals surface area contributed by atoms with Gasteiger partial charge >= 0.3 is 11.3 Å². The van der Waals surface area contributed by atoms with Crippen molar-refractivity contribution in [3.63, 3.8) is 0 Å². The standard InChI is InChI=1S/C35H18N6O/c1-2-9-22-20(8-1)31-24-17-36-18-37-30(24)23-13-15-28-41-34(23)40(31)33(22)35(41)29-26(42-28)14-12-21-19-7-3-4-10-25(19)39(32(21)29)27-11-5-6-16-38(27)35/h1-18H/q+2. The van der Waals surface area contributed by atoms with Crippen LogP contribution in [0.5, 0.6) is 11.6 Å². The molecule has 9 aromatic rings. The lowest BCUT2D eigenvalue weighted by atomic mass is 9.87. The molecule has 3 aliphatic rings. The number of para-hydroxylation sites is 1. The molecule has 0 saturated carbocycles. The van der Waals surface area contributed by atoms with Crippen molar-refractivity contribution in [3.05, 3.63) is 121 Å². The van der Waals surface area contributed by atoms with Crippen molar-refractivity contribution in [2.75, 3.05) is 0 Å². The second-order valence-corrected chi connectivity index (χ2v) is 11.5. The van der Waals surface area contributed by atoms with Crippen LogP contribution in [0, 0.1) is 0 Å². The summed E-state index contributed by atoms with van der Waals surface area (Å²) in [6.07, 6.45) is 5.85. The van der Waals surface area contributed by atoms with Gasteiger partial charge in [0.1, 0.15) is 23.2 Å². The molecule has 1 atom stereocenters. The van der Waals surface area contributed by atoms with Crippen LogP contribution >= 0.6 is 0 Å². The van der Waals surface area contributed by atoms with Gasteiger partial charge in [-0.3, -0.25) is 0 Å². The SMILES string of the molecule is c1cc[n+]2c(c1)-n1c3ccccc3c3ccc4c(c31)C21c2c3ccccc3c3c5cncnc5c5ccc([n+]1c5n23)O4. The molecule has 7 nitrogen and oxygen atoms in total. The van der Waals surface area contributed by atoms with Gasteiger partial charge in [-0.15, -0.1) is 4.57 Å². The Morgan fingerprint density at radius 2 is 1.52 bits per heavy atom. The lowest BCUT2D eigenvalue weighted by molar-refractivity contribution is -0.958. The first kappa shape index (κ1) is 20.1. The summed E-state index contributed by atoms with van der Waals surface area (Å²) in [5.41, 5.74) is 7.16. The minimum absolute atomic E-state index is 0.734. The molecule has 0 saturated heterocycles. The number of hydrogen-bond acceptors (Lipinski definition) is 3. The maximum atomic E-state index is 6.85. The Kier molecular flexibility index (Phi) is 2.99. The predicted molar refractivity (Wildman–Crippen MR) is 158 cm³/mol. The average Bonchev–Trinajstić information content (AvgIpc) is 3.68. The topological polar surface area (TPSA) is 52.1 Å². The van der Waals surface area contributed by atoms with Crippen LogP contribution in [-0.2, 0) is 5.66 Å². The van der Waals surface area contributed by atoms with Crippen LogP contribution < -0.4 is 13.9 Å². The summed E-state index contributed by atoms with van der Waals surface area (Å²) < 4.78 is 16.6. The van der Waals surface area contributed by atoms with Crippen molar-refractivity contribution in [1.82, 2.24) is 18.9 Å². The summed E-state index contributed by atoms with van der Waals surface area (Å²) in [4.78, 5) is 9.34. The van der Waals surface area contributed by atoms with Crippen LogP contribution in [0.4, 0.5) is 0 Å². The molecule has 0 amide bonds. The molecule has 0 radical (unpaired) electrons. The van der Waals surface area contributed by atoms with Crippen molar-refractivity contribution in [2.45, 2.75) is 5.66 Å². The number of fused-ring (bicyclic) bond motifs is 11. The highest BCUT2D eigenvalue weighted by molar-refractivity contribution is 6.19. The van der Waals surface area contributed by atoms with E-state index in [1.807, 2.05) is 6.20 Å². The lowest BCUT2D eigenvalue weighted by Gasteiger charge is -2.34. The third kappa shape index (κ3) is 1.81. The van der Waals surface area contributed by atoms with Crippen LogP contribution in [0.1, 0.15) is 11.3 Å². The van der Waals surface area contributed by atoms with Gasteiger partial charge in [-0.25, -0.2) is 9.97 Å². The second-order valence-electron chi connectivity index (χ2n) is 11.5. The van der Waals surface area contributed by atoms with E-state index in [-0.39, 0.29) is 0 Å². The number of ether oxygens (including phenoxy) is 1. The van der Waals surface area contributed by atoms with Gasteiger partial charge < -0.3 is 4.74 Å². The molecule has 42 heavy (non-hydrogen) atoms. The Labute approximate surface area is 236 Å². The molecule has 3 aliphatic heterocycles. The molecule has 7 heteroatoms. The molecule has 192 valence electrons. The highest BCUT2D eigenvalue weighted by atomic mass is 16.5. The Hall–Kier alpha value is -5.82. The third-order valence-corrected chi connectivity index (χ3v) is 9.82. The van der Waals surface area contributed by atoms with E-state index in [0.29, 0.717) is 0 Å². The quantitative estimate of drug-likeness (QED) is 0.179. The number of aromatic nitrogens is 6. The Morgan fingerprint density at radius 1 is 0.714 bits per heavy atom. The van der Waals surface area contributed by atoms with Gasteiger partial charge in [0.25, 0.3) is 11.7 Å². The van der Waals surface area contributed by atoms with Gasteiger partial charge in [0.15, 0.2) is 11.0 Å². The van der Waals surface area contributed by atoms with Crippen LogP contribution in [0.15, 0.2) is 110 Å². The van der Waals surface area contributed by atoms with Crippen molar-refractivity contribution < 1.29 is 13.9 Å². The molecule has 12 rings (SSSR count). The first-order chi connectivity index (χ1) is 20.9. The zero-order valence-corrected chi connectivity index (χ0v) is 22.0. The minimum atomic E-state index is -0.734. The molecule has 3 aromatic carbocycles. The first-order valence-electron chi connectivity index (χ1n) is 14.2. The highest BCUT2D eigenvalue weighted by Crippen LogP contribution is 2.54. The van der Waals surface area contributed by atoms with Crippen molar-refractivity contribution in [1.29, 1.82) is 0 Å². The fourth-order valence-corrected chi connectivity index (χ4v) is 8.49.